The fraction of sp³-hybridized carbons (Fsp3) is 0.267. The highest BCUT2D eigenvalue weighted by atomic mass is 35.5. The van der Waals surface area contributed by atoms with Gasteiger partial charge in [0.2, 0.25) is 0 Å². The fourth-order valence-corrected chi connectivity index (χ4v) is 2.49. The predicted molar refractivity (Wildman–Crippen MR) is 84.4 cm³/mol. The van der Waals surface area contributed by atoms with E-state index in [-0.39, 0.29) is 0 Å². The number of benzene rings is 1. The lowest BCUT2D eigenvalue weighted by Gasteiger charge is -2.14. The molecule has 3 rings (SSSR count). The normalized spacial score (nSPS) is 11.0. The van der Waals surface area contributed by atoms with E-state index in [0.29, 0.717) is 16.6 Å². The van der Waals surface area contributed by atoms with Gasteiger partial charge in [-0.2, -0.15) is 9.50 Å². The molecule has 108 valence electrons. The molecule has 2 aromatic heterocycles. The van der Waals surface area contributed by atoms with Crippen molar-refractivity contribution in [3.8, 4) is 0 Å². The number of fused-ring (bicyclic) bond motifs is 1. The first kappa shape index (κ1) is 13.8. The average Bonchev–Trinajstić information content (AvgIpc) is 2.81. The van der Waals surface area contributed by atoms with E-state index in [2.05, 4.69) is 27.3 Å². The van der Waals surface area contributed by atoms with E-state index >= 15 is 0 Å². The van der Waals surface area contributed by atoms with Gasteiger partial charge in [-0.3, -0.25) is 0 Å². The van der Waals surface area contributed by atoms with E-state index in [1.807, 2.05) is 38.1 Å². The van der Waals surface area contributed by atoms with Gasteiger partial charge in [-0.25, -0.2) is 4.98 Å². The van der Waals surface area contributed by atoms with Crippen LogP contribution in [0.5, 0.6) is 0 Å². The van der Waals surface area contributed by atoms with Crippen LogP contribution in [0.1, 0.15) is 24.0 Å². The molecule has 5 nitrogen and oxygen atoms in total. The highest BCUT2D eigenvalue weighted by Gasteiger charge is 2.14. The summed E-state index contributed by atoms with van der Waals surface area (Å²) >= 11 is 5.93. The maximum Gasteiger partial charge on any atom is 0.254 e. The lowest BCUT2D eigenvalue weighted by Crippen LogP contribution is -2.08. The van der Waals surface area contributed by atoms with Gasteiger partial charge in [0, 0.05) is 22.0 Å². The number of aromatic nitrogens is 4. The first-order chi connectivity index (χ1) is 10.1. The summed E-state index contributed by atoms with van der Waals surface area (Å²) in [5.74, 6) is 2.22. The molecule has 0 saturated heterocycles. The minimum Gasteiger partial charge on any atom is -0.340 e. The van der Waals surface area contributed by atoms with Crippen LogP contribution < -0.4 is 5.32 Å². The third-order valence-electron chi connectivity index (χ3n) is 3.36. The lowest BCUT2D eigenvalue weighted by atomic mass is 10.1. The minimum absolute atomic E-state index is 0.610. The van der Waals surface area contributed by atoms with E-state index < -0.39 is 0 Å². The van der Waals surface area contributed by atoms with Crippen molar-refractivity contribution in [2.24, 2.45) is 0 Å². The van der Waals surface area contributed by atoms with Crippen LogP contribution in [0.3, 0.4) is 0 Å². The summed E-state index contributed by atoms with van der Waals surface area (Å²) in [6, 6.07) is 7.58. The zero-order valence-corrected chi connectivity index (χ0v) is 12.9. The zero-order chi connectivity index (χ0) is 15.0. The highest BCUT2D eigenvalue weighted by Crippen LogP contribution is 2.25. The number of aryl methyl sites for hydroxylation is 2. The van der Waals surface area contributed by atoms with E-state index in [9.17, 15) is 0 Å². The quantitative estimate of drug-likeness (QED) is 0.801. The van der Waals surface area contributed by atoms with E-state index in [0.717, 1.165) is 29.2 Å². The zero-order valence-electron chi connectivity index (χ0n) is 12.2. The number of halogens is 1. The Balaban J connectivity index is 2.16. The van der Waals surface area contributed by atoms with Crippen LogP contribution in [-0.2, 0) is 6.42 Å². The Kier molecular flexibility index (Phi) is 3.51. The molecule has 0 atom stereocenters. The molecule has 3 aromatic rings. The second kappa shape index (κ2) is 5.33. The van der Waals surface area contributed by atoms with Gasteiger partial charge in [0.15, 0.2) is 0 Å². The van der Waals surface area contributed by atoms with Crippen molar-refractivity contribution in [3.05, 3.63) is 46.4 Å². The fourth-order valence-electron chi connectivity index (χ4n) is 2.36. The third kappa shape index (κ3) is 2.56. The van der Waals surface area contributed by atoms with Gasteiger partial charge in [-0.05, 0) is 44.5 Å². The molecule has 0 aliphatic rings. The molecule has 21 heavy (non-hydrogen) atoms. The summed E-state index contributed by atoms with van der Waals surface area (Å²) < 4.78 is 1.76. The van der Waals surface area contributed by atoms with Gasteiger partial charge in [0.05, 0.1) is 0 Å². The van der Waals surface area contributed by atoms with Crippen molar-refractivity contribution in [2.75, 3.05) is 5.32 Å². The van der Waals surface area contributed by atoms with E-state index in [1.165, 1.54) is 0 Å². The number of nitrogens with one attached hydrogen (secondary N) is 1. The Hall–Kier alpha value is -2.14. The van der Waals surface area contributed by atoms with Crippen LogP contribution in [0.2, 0.25) is 5.02 Å². The van der Waals surface area contributed by atoms with Crippen molar-refractivity contribution in [1.29, 1.82) is 0 Å². The Labute approximate surface area is 128 Å². The molecule has 0 fully saturated rings. The molecular formula is C15H16ClN5. The second-order valence-electron chi connectivity index (χ2n) is 4.88. The molecule has 0 aliphatic heterocycles. The number of hydrogen-bond acceptors (Lipinski definition) is 4. The van der Waals surface area contributed by atoms with Crippen LogP contribution in [0.15, 0.2) is 24.3 Å². The molecule has 6 heteroatoms. The summed E-state index contributed by atoms with van der Waals surface area (Å²) in [6.07, 6.45) is 0.865. The van der Waals surface area contributed by atoms with Crippen LogP contribution >= 0.6 is 11.6 Å². The second-order valence-corrected chi connectivity index (χ2v) is 5.32. The topological polar surface area (TPSA) is 55.1 Å². The molecule has 1 N–H and O–H groups in total. The van der Waals surface area contributed by atoms with Gasteiger partial charge in [0.1, 0.15) is 11.6 Å². The minimum atomic E-state index is 0.610. The van der Waals surface area contributed by atoms with Crippen LogP contribution in [0, 0.1) is 13.8 Å². The standard InChI is InChI=1S/C15H16ClN5/c1-4-13-9(2)17-15-18-10(3)20-21(15)14(13)19-12-7-5-11(16)6-8-12/h5-8,19H,4H2,1-3H3. The lowest BCUT2D eigenvalue weighted by molar-refractivity contribution is 0.890. The maximum atomic E-state index is 5.93. The molecule has 0 spiro atoms. The van der Waals surface area contributed by atoms with Gasteiger partial charge >= 0.3 is 0 Å². The number of anilines is 2. The van der Waals surface area contributed by atoms with Crippen LogP contribution in [0.4, 0.5) is 11.5 Å². The van der Waals surface area contributed by atoms with Gasteiger partial charge in [-0.1, -0.05) is 18.5 Å². The molecule has 0 amide bonds. The molecule has 0 unspecified atom stereocenters. The van der Waals surface area contributed by atoms with Gasteiger partial charge < -0.3 is 5.32 Å². The number of nitrogens with zero attached hydrogens (tertiary/aromatic N) is 4. The van der Waals surface area contributed by atoms with Crippen molar-refractivity contribution in [3.63, 3.8) is 0 Å². The summed E-state index contributed by atoms with van der Waals surface area (Å²) in [4.78, 5) is 8.86. The van der Waals surface area contributed by atoms with Crippen LogP contribution in [-0.4, -0.2) is 19.6 Å². The first-order valence-electron chi connectivity index (χ1n) is 6.84. The molecule has 0 bridgehead atoms. The number of rotatable bonds is 3. The summed E-state index contributed by atoms with van der Waals surface area (Å²) in [6.45, 7) is 5.96. The van der Waals surface area contributed by atoms with E-state index in [1.54, 1.807) is 4.52 Å². The van der Waals surface area contributed by atoms with E-state index in [4.69, 9.17) is 11.6 Å². The summed E-state index contributed by atoms with van der Waals surface area (Å²) in [7, 11) is 0. The van der Waals surface area contributed by atoms with Crippen molar-refractivity contribution in [2.45, 2.75) is 27.2 Å². The third-order valence-corrected chi connectivity index (χ3v) is 3.61. The Bertz CT molecular complexity index is 792. The molecule has 0 aliphatic carbocycles. The highest BCUT2D eigenvalue weighted by molar-refractivity contribution is 6.30. The van der Waals surface area contributed by atoms with Gasteiger partial charge in [0.25, 0.3) is 5.78 Å². The van der Waals surface area contributed by atoms with Crippen molar-refractivity contribution < 1.29 is 0 Å². The number of hydrogen-bond donors (Lipinski definition) is 1. The molecule has 2 heterocycles. The van der Waals surface area contributed by atoms with Crippen molar-refractivity contribution >= 4 is 28.9 Å². The Morgan fingerprint density at radius 1 is 1.14 bits per heavy atom. The molecule has 1 aromatic carbocycles. The summed E-state index contributed by atoms with van der Waals surface area (Å²) in [5, 5.41) is 8.55. The Morgan fingerprint density at radius 2 is 1.86 bits per heavy atom. The summed E-state index contributed by atoms with van der Waals surface area (Å²) in [5.41, 5.74) is 3.05. The monoisotopic (exact) mass is 301 g/mol. The largest absolute Gasteiger partial charge is 0.340 e. The molecular weight excluding hydrogens is 286 g/mol. The molecule has 0 saturated carbocycles. The Morgan fingerprint density at radius 3 is 2.52 bits per heavy atom. The predicted octanol–water partition coefficient (Wildman–Crippen LogP) is 3.70. The molecule has 0 radical (unpaired) electrons. The van der Waals surface area contributed by atoms with Crippen LogP contribution in [0.25, 0.3) is 5.78 Å². The van der Waals surface area contributed by atoms with Crippen molar-refractivity contribution in [1.82, 2.24) is 19.6 Å². The SMILES string of the molecule is CCc1c(C)nc2nc(C)nn2c1Nc1ccc(Cl)cc1. The smallest absolute Gasteiger partial charge is 0.254 e. The first-order valence-corrected chi connectivity index (χ1v) is 7.21. The maximum absolute atomic E-state index is 5.93. The average molecular weight is 302 g/mol. The van der Waals surface area contributed by atoms with Gasteiger partial charge in [-0.15, -0.1) is 5.10 Å².